The average Bonchev–Trinajstić information content (AvgIpc) is 3.29. The number of carbonyl (C=O) groups is 2. The van der Waals surface area contributed by atoms with Crippen molar-refractivity contribution in [3.8, 4) is 0 Å². The zero-order valence-corrected chi connectivity index (χ0v) is 17.6. The van der Waals surface area contributed by atoms with E-state index in [2.05, 4.69) is 15.6 Å². The molecule has 2 aromatic rings. The molecule has 1 saturated carbocycles. The Morgan fingerprint density at radius 2 is 2.07 bits per heavy atom. The highest BCUT2D eigenvalue weighted by Gasteiger charge is 2.25. The normalized spacial score (nSPS) is 16.8. The van der Waals surface area contributed by atoms with Crippen molar-refractivity contribution in [3.05, 3.63) is 28.2 Å². The van der Waals surface area contributed by atoms with Gasteiger partial charge >= 0.3 is 0 Å². The fraction of sp³-hybridized carbons (Fsp3) is 0.550. The number of thiazole rings is 1. The lowest BCUT2D eigenvalue weighted by molar-refractivity contribution is -0.129. The molecule has 0 unspecified atom stereocenters. The summed E-state index contributed by atoms with van der Waals surface area (Å²) in [4.78, 5) is 29.3. The standard InChI is InChI=1S/C20H27ClN4O2S/c1-2-18(26)23-15(20(27)25-17(22)9-12-5-3-4-6-12)11-19-24-14-8-7-13(21)10-16(14)28-19/h7-8,10,12,15,17H,2-6,9,11,22H2,1H3,(H,23,26)(H,25,27)/t15-,17-/m0/s1. The Morgan fingerprint density at radius 1 is 1.32 bits per heavy atom. The van der Waals surface area contributed by atoms with Crippen LogP contribution < -0.4 is 16.4 Å². The first-order valence-corrected chi connectivity index (χ1v) is 11.0. The highest BCUT2D eigenvalue weighted by atomic mass is 35.5. The van der Waals surface area contributed by atoms with E-state index < -0.39 is 12.2 Å². The third-order valence-electron chi connectivity index (χ3n) is 5.14. The second-order valence-corrected chi connectivity index (χ2v) is 8.95. The topological polar surface area (TPSA) is 97.1 Å². The summed E-state index contributed by atoms with van der Waals surface area (Å²) in [5, 5.41) is 7.11. The quantitative estimate of drug-likeness (QED) is 0.568. The molecule has 152 valence electrons. The minimum atomic E-state index is -0.696. The van der Waals surface area contributed by atoms with Crippen molar-refractivity contribution in [2.24, 2.45) is 11.7 Å². The van der Waals surface area contributed by atoms with Crippen LogP contribution in [0.2, 0.25) is 5.02 Å². The van der Waals surface area contributed by atoms with Crippen LogP contribution >= 0.6 is 22.9 Å². The lowest BCUT2D eigenvalue weighted by atomic mass is 10.0. The van der Waals surface area contributed by atoms with Gasteiger partial charge in [-0.2, -0.15) is 0 Å². The van der Waals surface area contributed by atoms with Crippen LogP contribution in [0.3, 0.4) is 0 Å². The van der Waals surface area contributed by atoms with Crippen molar-refractivity contribution < 1.29 is 9.59 Å². The van der Waals surface area contributed by atoms with Crippen LogP contribution in [0, 0.1) is 5.92 Å². The summed E-state index contributed by atoms with van der Waals surface area (Å²) in [6.07, 6.45) is 5.84. The number of rotatable bonds is 8. The second kappa shape index (κ2) is 9.67. The van der Waals surface area contributed by atoms with Crippen LogP contribution in [0.25, 0.3) is 10.2 Å². The maximum atomic E-state index is 12.8. The molecule has 2 amide bonds. The molecule has 1 aliphatic carbocycles. The second-order valence-electron chi connectivity index (χ2n) is 7.40. The molecule has 1 aromatic carbocycles. The summed E-state index contributed by atoms with van der Waals surface area (Å²) in [5.41, 5.74) is 6.99. The first kappa shape index (κ1) is 21.0. The van der Waals surface area contributed by atoms with Gasteiger partial charge in [-0.1, -0.05) is 44.2 Å². The van der Waals surface area contributed by atoms with Gasteiger partial charge < -0.3 is 16.4 Å². The molecule has 2 atom stereocenters. The number of hydrogen-bond acceptors (Lipinski definition) is 5. The minimum absolute atomic E-state index is 0.173. The van der Waals surface area contributed by atoms with E-state index in [-0.39, 0.29) is 11.8 Å². The summed E-state index contributed by atoms with van der Waals surface area (Å²) in [6, 6.07) is 4.81. The van der Waals surface area contributed by atoms with E-state index in [0.29, 0.717) is 23.8 Å². The average molecular weight is 423 g/mol. The molecule has 6 nitrogen and oxygen atoms in total. The van der Waals surface area contributed by atoms with Gasteiger partial charge in [0, 0.05) is 17.9 Å². The van der Waals surface area contributed by atoms with Gasteiger partial charge in [0.1, 0.15) is 6.04 Å². The molecule has 4 N–H and O–H groups in total. The first-order valence-electron chi connectivity index (χ1n) is 9.85. The maximum absolute atomic E-state index is 12.8. The summed E-state index contributed by atoms with van der Waals surface area (Å²) < 4.78 is 0.960. The first-order chi connectivity index (χ1) is 13.4. The van der Waals surface area contributed by atoms with Crippen LogP contribution in [0.1, 0.15) is 50.5 Å². The molecule has 1 aromatic heterocycles. The van der Waals surface area contributed by atoms with Gasteiger partial charge in [0.15, 0.2) is 0 Å². The molecule has 0 spiro atoms. The van der Waals surface area contributed by atoms with E-state index in [0.717, 1.165) is 21.6 Å². The number of halogens is 1. The predicted molar refractivity (Wildman–Crippen MR) is 113 cm³/mol. The van der Waals surface area contributed by atoms with E-state index in [9.17, 15) is 9.59 Å². The zero-order chi connectivity index (χ0) is 20.1. The molecule has 0 aliphatic heterocycles. The van der Waals surface area contributed by atoms with Crippen LogP contribution in [-0.2, 0) is 16.0 Å². The van der Waals surface area contributed by atoms with Crippen LogP contribution in [-0.4, -0.2) is 29.0 Å². The molecule has 0 saturated heterocycles. The maximum Gasteiger partial charge on any atom is 0.244 e. The van der Waals surface area contributed by atoms with Gasteiger partial charge in [0.2, 0.25) is 11.8 Å². The predicted octanol–water partition coefficient (Wildman–Crippen LogP) is 3.37. The number of carbonyl (C=O) groups excluding carboxylic acids is 2. The van der Waals surface area contributed by atoms with E-state index in [1.807, 2.05) is 12.1 Å². The summed E-state index contributed by atoms with van der Waals surface area (Å²) in [5.74, 6) is 0.145. The number of hydrogen-bond donors (Lipinski definition) is 3. The van der Waals surface area contributed by atoms with E-state index in [1.54, 1.807) is 13.0 Å². The van der Waals surface area contributed by atoms with Crippen LogP contribution in [0.4, 0.5) is 0 Å². The van der Waals surface area contributed by atoms with Gasteiger partial charge in [0.05, 0.1) is 21.4 Å². The summed E-state index contributed by atoms with van der Waals surface area (Å²) in [7, 11) is 0. The van der Waals surface area contributed by atoms with Gasteiger partial charge in [-0.15, -0.1) is 11.3 Å². The Morgan fingerprint density at radius 3 is 2.79 bits per heavy atom. The van der Waals surface area contributed by atoms with Crippen molar-refractivity contribution in [1.29, 1.82) is 0 Å². The Hall–Kier alpha value is -1.70. The molecule has 1 heterocycles. The van der Waals surface area contributed by atoms with Crippen molar-refractivity contribution >= 4 is 45.0 Å². The molecular formula is C20H27ClN4O2S. The van der Waals surface area contributed by atoms with Crippen molar-refractivity contribution in [1.82, 2.24) is 15.6 Å². The lowest BCUT2D eigenvalue weighted by Gasteiger charge is -2.22. The highest BCUT2D eigenvalue weighted by Crippen LogP contribution is 2.28. The number of aromatic nitrogens is 1. The molecular weight excluding hydrogens is 396 g/mol. The van der Waals surface area contributed by atoms with Crippen molar-refractivity contribution in [3.63, 3.8) is 0 Å². The van der Waals surface area contributed by atoms with E-state index >= 15 is 0 Å². The van der Waals surface area contributed by atoms with Gasteiger partial charge in [-0.25, -0.2) is 4.98 Å². The molecule has 3 rings (SSSR count). The Labute approximate surface area is 174 Å². The van der Waals surface area contributed by atoms with Gasteiger partial charge in [0.25, 0.3) is 0 Å². The van der Waals surface area contributed by atoms with Gasteiger partial charge in [-0.05, 0) is 30.5 Å². The molecule has 28 heavy (non-hydrogen) atoms. The largest absolute Gasteiger partial charge is 0.344 e. The highest BCUT2D eigenvalue weighted by molar-refractivity contribution is 7.18. The smallest absolute Gasteiger partial charge is 0.244 e. The molecule has 1 fully saturated rings. The summed E-state index contributed by atoms with van der Waals surface area (Å²) in [6.45, 7) is 1.76. The van der Waals surface area contributed by atoms with Crippen LogP contribution in [0.5, 0.6) is 0 Å². The number of fused-ring (bicyclic) bond motifs is 1. The number of nitrogens with zero attached hydrogens (tertiary/aromatic N) is 1. The Balaban J connectivity index is 1.67. The minimum Gasteiger partial charge on any atom is -0.344 e. The molecule has 1 aliphatic rings. The zero-order valence-electron chi connectivity index (χ0n) is 16.0. The third kappa shape index (κ3) is 5.65. The number of amides is 2. The number of nitrogens with two attached hydrogens (primary N) is 1. The fourth-order valence-electron chi connectivity index (χ4n) is 3.66. The van der Waals surface area contributed by atoms with E-state index in [4.69, 9.17) is 17.3 Å². The molecule has 0 radical (unpaired) electrons. The fourth-order valence-corrected chi connectivity index (χ4v) is 4.95. The SMILES string of the molecule is CCC(=O)N[C@@H](Cc1nc2ccc(Cl)cc2s1)C(=O)N[C@H](N)CC1CCCC1. The molecule has 0 bridgehead atoms. The molecule has 8 heteroatoms. The van der Waals surface area contributed by atoms with Crippen molar-refractivity contribution in [2.45, 2.75) is 64.1 Å². The van der Waals surface area contributed by atoms with Crippen LogP contribution in [0.15, 0.2) is 18.2 Å². The van der Waals surface area contributed by atoms with Crippen molar-refractivity contribution in [2.75, 3.05) is 0 Å². The Kier molecular flexibility index (Phi) is 7.26. The van der Waals surface area contributed by atoms with Gasteiger partial charge in [-0.3, -0.25) is 9.59 Å². The summed E-state index contributed by atoms with van der Waals surface area (Å²) >= 11 is 7.52. The Bertz CT molecular complexity index is 835. The number of benzene rings is 1. The van der Waals surface area contributed by atoms with E-state index in [1.165, 1.54) is 37.0 Å². The lowest BCUT2D eigenvalue weighted by Crippen LogP contribution is -2.53. The monoisotopic (exact) mass is 422 g/mol. The number of nitrogens with one attached hydrogen (secondary N) is 2. The third-order valence-corrected chi connectivity index (χ3v) is 6.41.